The van der Waals surface area contributed by atoms with E-state index in [0.717, 1.165) is 42.6 Å². The molecule has 1 aromatic heterocycles. The van der Waals surface area contributed by atoms with Crippen LogP contribution in [-0.4, -0.2) is 17.1 Å². The number of aromatic nitrogens is 1. The van der Waals surface area contributed by atoms with Crippen molar-refractivity contribution >= 4 is 5.82 Å². The molecule has 2 heterocycles. The SMILES string of the molecule is CCc1nc(NCCc2ccccc2)c(C#N)c2c1COC(C)(C)C2. The van der Waals surface area contributed by atoms with Gasteiger partial charge in [-0.1, -0.05) is 37.3 Å². The zero-order chi connectivity index (χ0) is 17.9. The number of hydrogen-bond acceptors (Lipinski definition) is 4. The van der Waals surface area contributed by atoms with Crippen LogP contribution in [0, 0.1) is 11.3 Å². The molecule has 0 atom stereocenters. The van der Waals surface area contributed by atoms with Crippen molar-refractivity contribution < 1.29 is 4.74 Å². The molecular formula is C21H25N3O. The Kier molecular flexibility index (Phi) is 5.06. The summed E-state index contributed by atoms with van der Waals surface area (Å²) in [6.07, 6.45) is 2.49. The van der Waals surface area contributed by atoms with Gasteiger partial charge in [0.2, 0.25) is 0 Å². The Labute approximate surface area is 149 Å². The lowest BCUT2D eigenvalue weighted by Crippen LogP contribution is -2.33. The maximum absolute atomic E-state index is 9.75. The Bertz CT molecular complexity index is 791. The fourth-order valence-electron chi connectivity index (χ4n) is 3.35. The van der Waals surface area contributed by atoms with E-state index < -0.39 is 0 Å². The number of benzene rings is 1. The van der Waals surface area contributed by atoms with Crippen LogP contribution in [0.2, 0.25) is 0 Å². The molecule has 1 aliphatic rings. The molecule has 0 aliphatic carbocycles. The molecule has 4 heteroatoms. The number of anilines is 1. The number of hydrogen-bond donors (Lipinski definition) is 1. The summed E-state index contributed by atoms with van der Waals surface area (Å²) >= 11 is 0. The number of nitrogens with one attached hydrogen (secondary N) is 1. The molecule has 25 heavy (non-hydrogen) atoms. The van der Waals surface area contributed by atoms with E-state index >= 15 is 0 Å². The summed E-state index contributed by atoms with van der Waals surface area (Å²) in [7, 11) is 0. The van der Waals surface area contributed by atoms with Crippen molar-refractivity contribution in [1.29, 1.82) is 5.26 Å². The van der Waals surface area contributed by atoms with Crippen molar-refractivity contribution in [3.05, 3.63) is 58.3 Å². The Morgan fingerprint density at radius 2 is 2.00 bits per heavy atom. The topological polar surface area (TPSA) is 57.9 Å². The van der Waals surface area contributed by atoms with E-state index in [-0.39, 0.29) is 5.60 Å². The Morgan fingerprint density at radius 1 is 1.24 bits per heavy atom. The van der Waals surface area contributed by atoms with Gasteiger partial charge in [0.1, 0.15) is 11.9 Å². The van der Waals surface area contributed by atoms with Crippen molar-refractivity contribution in [3.8, 4) is 6.07 Å². The highest BCUT2D eigenvalue weighted by Gasteiger charge is 2.31. The van der Waals surface area contributed by atoms with E-state index in [0.29, 0.717) is 18.0 Å². The molecule has 0 amide bonds. The smallest absolute Gasteiger partial charge is 0.144 e. The molecule has 0 unspecified atom stereocenters. The molecule has 1 aliphatic heterocycles. The molecule has 130 valence electrons. The zero-order valence-electron chi connectivity index (χ0n) is 15.2. The molecule has 0 spiro atoms. The number of ether oxygens (including phenoxy) is 1. The molecule has 4 nitrogen and oxygen atoms in total. The minimum absolute atomic E-state index is 0.244. The van der Waals surface area contributed by atoms with Crippen molar-refractivity contribution in [3.63, 3.8) is 0 Å². The van der Waals surface area contributed by atoms with Crippen LogP contribution in [0.25, 0.3) is 0 Å². The third-order valence-electron chi connectivity index (χ3n) is 4.70. The third kappa shape index (κ3) is 3.83. The van der Waals surface area contributed by atoms with Gasteiger partial charge in [-0.25, -0.2) is 4.98 Å². The number of nitrogens with zero attached hydrogens (tertiary/aromatic N) is 2. The summed E-state index contributed by atoms with van der Waals surface area (Å²) in [6, 6.07) is 12.7. The second-order valence-corrected chi connectivity index (χ2v) is 7.09. The Balaban J connectivity index is 1.87. The van der Waals surface area contributed by atoms with Gasteiger partial charge in [0.15, 0.2) is 0 Å². The lowest BCUT2D eigenvalue weighted by atomic mass is 9.87. The summed E-state index contributed by atoms with van der Waals surface area (Å²) in [5, 5.41) is 13.1. The van der Waals surface area contributed by atoms with Crippen LogP contribution in [0.1, 0.15) is 48.7 Å². The minimum atomic E-state index is -0.244. The van der Waals surface area contributed by atoms with Crippen molar-refractivity contribution in [2.24, 2.45) is 0 Å². The van der Waals surface area contributed by atoms with Gasteiger partial charge in [-0.15, -0.1) is 0 Å². The van der Waals surface area contributed by atoms with Crippen LogP contribution in [-0.2, 0) is 30.6 Å². The second kappa shape index (κ2) is 7.25. The number of aryl methyl sites for hydroxylation is 1. The minimum Gasteiger partial charge on any atom is -0.370 e. The number of rotatable bonds is 5. The molecule has 0 fully saturated rings. The van der Waals surface area contributed by atoms with Gasteiger partial charge < -0.3 is 10.1 Å². The van der Waals surface area contributed by atoms with Gasteiger partial charge in [0.25, 0.3) is 0 Å². The van der Waals surface area contributed by atoms with Crippen molar-refractivity contribution in [2.45, 2.75) is 52.2 Å². The fraction of sp³-hybridized carbons (Fsp3) is 0.429. The number of nitriles is 1. The molecule has 3 rings (SSSR count). The van der Waals surface area contributed by atoms with Crippen LogP contribution >= 0.6 is 0 Å². The first kappa shape index (κ1) is 17.4. The molecule has 0 bridgehead atoms. The fourth-order valence-corrected chi connectivity index (χ4v) is 3.35. The van der Waals surface area contributed by atoms with Crippen LogP contribution in [0.3, 0.4) is 0 Å². The van der Waals surface area contributed by atoms with E-state index in [1.165, 1.54) is 5.56 Å². The predicted molar refractivity (Wildman–Crippen MR) is 99.5 cm³/mol. The Morgan fingerprint density at radius 3 is 2.68 bits per heavy atom. The summed E-state index contributed by atoms with van der Waals surface area (Å²) in [5.74, 6) is 0.715. The standard InChI is InChI=1S/C21H25N3O/c1-4-19-18-14-25-21(2,3)12-16(18)17(13-22)20(24-19)23-11-10-15-8-6-5-7-9-15/h5-9H,4,10-12,14H2,1-3H3,(H,23,24). The van der Waals surface area contributed by atoms with Gasteiger partial charge >= 0.3 is 0 Å². The van der Waals surface area contributed by atoms with Gasteiger partial charge in [-0.3, -0.25) is 0 Å². The van der Waals surface area contributed by atoms with E-state index in [9.17, 15) is 5.26 Å². The number of fused-ring (bicyclic) bond motifs is 1. The molecule has 1 aromatic carbocycles. The monoisotopic (exact) mass is 335 g/mol. The highest BCUT2D eigenvalue weighted by molar-refractivity contribution is 5.60. The van der Waals surface area contributed by atoms with Crippen molar-refractivity contribution in [2.75, 3.05) is 11.9 Å². The van der Waals surface area contributed by atoms with E-state index in [2.05, 4.69) is 44.3 Å². The molecule has 0 saturated carbocycles. The lowest BCUT2D eigenvalue weighted by Gasteiger charge is -2.33. The van der Waals surface area contributed by atoms with Crippen LogP contribution < -0.4 is 5.32 Å². The summed E-state index contributed by atoms with van der Waals surface area (Å²) in [5.41, 5.74) is 4.95. The van der Waals surface area contributed by atoms with E-state index in [1.54, 1.807) is 0 Å². The first-order valence-corrected chi connectivity index (χ1v) is 8.90. The average molecular weight is 335 g/mol. The predicted octanol–water partition coefficient (Wildman–Crippen LogP) is 4.02. The normalized spacial score (nSPS) is 15.3. The molecule has 2 aromatic rings. The van der Waals surface area contributed by atoms with Gasteiger partial charge in [-0.05, 0) is 37.8 Å². The van der Waals surface area contributed by atoms with Gasteiger partial charge in [0, 0.05) is 24.2 Å². The molecular weight excluding hydrogens is 310 g/mol. The molecule has 0 saturated heterocycles. The maximum Gasteiger partial charge on any atom is 0.144 e. The van der Waals surface area contributed by atoms with E-state index in [1.807, 2.05) is 18.2 Å². The van der Waals surface area contributed by atoms with Crippen LogP contribution in [0.5, 0.6) is 0 Å². The van der Waals surface area contributed by atoms with Gasteiger partial charge in [0.05, 0.1) is 17.8 Å². The van der Waals surface area contributed by atoms with Crippen molar-refractivity contribution in [1.82, 2.24) is 4.98 Å². The maximum atomic E-state index is 9.75. The second-order valence-electron chi connectivity index (χ2n) is 7.09. The number of pyridine rings is 1. The lowest BCUT2D eigenvalue weighted by molar-refractivity contribution is -0.0406. The molecule has 1 N–H and O–H groups in total. The highest BCUT2D eigenvalue weighted by Crippen LogP contribution is 2.34. The van der Waals surface area contributed by atoms with Crippen LogP contribution in [0.4, 0.5) is 5.82 Å². The Hall–Kier alpha value is -2.38. The average Bonchev–Trinajstić information content (AvgIpc) is 2.61. The zero-order valence-corrected chi connectivity index (χ0v) is 15.2. The third-order valence-corrected chi connectivity index (χ3v) is 4.70. The quantitative estimate of drug-likeness (QED) is 0.896. The highest BCUT2D eigenvalue weighted by atomic mass is 16.5. The summed E-state index contributed by atoms with van der Waals surface area (Å²) in [6.45, 7) is 7.55. The van der Waals surface area contributed by atoms with Crippen LogP contribution in [0.15, 0.2) is 30.3 Å². The molecule has 0 radical (unpaired) electrons. The largest absolute Gasteiger partial charge is 0.370 e. The van der Waals surface area contributed by atoms with E-state index in [4.69, 9.17) is 9.72 Å². The first-order valence-electron chi connectivity index (χ1n) is 8.90. The summed E-state index contributed by atoms with van der Waals surface area (Å²) < 4.78 is 5.94. The first-order chi connectivity index (χ1) is 12.0. The summed E-state index contributed by atoms with van der Waals surface area (Å²) in [4.78, 5) is 4.74. The van der Waals surface area contributed by atoms with Gasteiger partial charge in [-0.2, -0.15) is 5.26 Å².